The molecule has 2 aromatic heterocycles. The van der Waals surface area contributed by atoms with Crippen molar-refractivity contribution in [3.8, 4) is 11.6 Å². The summed E-state index contributed by atoms with van der Waals surface area (Å²) in [6.07, 6.45) is 3.48. The molecule has 1 aliphatic rings. The van der Waals surface area contributed by atoms with E-state index in [-0.39, 0.29) is 0 Å². The Hall–Kier alpha value is -1.51. The topological polar surface area (TPSA) is 73.1 Å². The van der Waals surface area contributed by atoms with Gasteiger partial charge in [0, 0.05) is 22.8 Å². The van der Waals surface area contributed by atoms with E-state index in [0.29, 0.717) is 17.2 Å². The van der Waals surface area contributed by atoms with Crippen LogP contribution < -0.4 is 4.74 Å². The Kier molecular flexibility index (Phi) is 4.51. The molecule has 1 N–H and O–H groups in total. The molecule has 1 unspecified atom stereocenters. The summed E-state index contributed by atoms with van der Waals surface area (Å²) in [7, 11) is 0. The first-order valence-electron chi connectivity index (χ1n) is 8.06. The molecule has 8 heteroatoms. The van der Waals surface area contributed by atoms with Crippen molar-refractivity contribution >= 4 is 42.9 Å². The lowest BCUT2D eigenvalue weighted by molar-refractivity contribution is 0.194. The predicted octanol–water partition coefficient (Wildman–Crippen LogP) is 4.61. The molecular formula is C17H16Br2N4O2. The lowest BCUT2D eigenvalue weighted by atomic mass is 10.2. The third-order valence-electron chi connectivity index (χ3n) is 4.22. The van der Waals surface area contributed by atoms with Gasteiger partial charge in [-0.25, -0.2) is 9.67 Å². The van der Waals surface area contributed by atoms with Crippen molar-refractivity contribution in [1.29, 1.82) is 0 Å². The van der Waals surface area contributed by atoms with Crippen LogP contribution in [0.15, 0.2) is 33.3 Å². The fourth-order valence-corrected chi connectivity index (χ4v) is 3.52. The summed E-state index contributed by atoms with van der Waals surface area (Å²) >= 11 is 6.94. The van der Waals surface area contributed by atoms with Crippen LogP contribution in [0, 0.1) is 5.92 Å². The Bertz CT molecular complexity index is 938. The molecule has 1 aliphatic carbocycles. The Morgan fingerprint density at radius 3 is 2.88 bits per heavy atom. The SMILES string of the molecule is CC(O)c1cc(Br)cnc1Oc1ccc2c(nnn2CC2CC2)c1Br. The molecule has 130 valence electrons. The van der Waals surface area contributed by atoms with Gasteiger partial charge in [0.05, 0.1) is 16.1 Å². The Labute approximate surface area is 161 Å². The zero-order chi connectivity index (χ0) is 17.6. The zero-order valence-corrected chi connectivity index (χ0v) is 16.7. The van der Waals surface area contributed by atoms with Crippen LogP contribution in [0.2, 0.25) is 0 Å². The third kappa shape index (κ3) is 3.43. The highest BCUT2D eigenvalue weighted by molar-refractivity contribution is 9.11. The number of aliphatic hydroxyl groups is 1. The van der Waals surface area contributed by atoms with Crippen LogP contribution in [0.4, 0.5) is 0 Å². The second-order valence-corrected chi connectivity index (χ2v) is 7.99. The van der Waals surface area contributed by atoms with Gasteiger partial charge in [0.25, 0.3) is 0 Å². The summed E-state index contributed by atoms with van der Waals surface area (Å²) in [5, 5.41) is 18.5. The molecule has 0 aliphatic heterocycles. The number of fused-ring (bicyclic) bond motifs is 1. The average molecular weight is 468 g/mol. The number of hydrogen-bond acceptors (Lipinski definition) is 5. The number of nitrogens with zero attached hydrogens (tertiary/aromatic N) is 4. The van der Waals surface area contributed by atoms with Crippen LogP contribution >= 0.6 is 31.9 Å². The highest BCUT2D eigenvalue weighted by atomic mass is 79.9. The molecule has 0 bridgehead atoms. The number of ether oxygens (including phenoxy) is 1. The predicted molar refractivity (Wildman–Crippen MR) is 101 cm³/mol. The van der Waals surface area contributed by atoms with E-state index in [1.807, 2.05) is 16.8 Å². The lowest BCUT2D eigenvalue weighted by Crippen LogP contribution is -2.01. The molecular weight excluding hydrogens is 452 g/mol. The van der Waals surface area contributed by atoms with Gasteiger partial charge in [-0.15, -0.1) is 5.10 Å². The molecule has 3 aromatic rings. The van der Waals surface area contributed by atoms with Crippen molar-refractivity contribution in [2.45, 2.75) is 32.4 Å². The molecule has 1 fully saturated rings. The second-order valence-electron chi connectivity index (χ2n) is 6.29. The highest BCUT2D eigenvalue weighted by Gasteiger charge is 2.24. The molecule has 6 nitrogen and oxygen atoms in total. The van der Waals surface area contributed by atoms with E-state index in [1.54, 1.807) is 19.2 Å². The smallest absolute Gasteiger partial charge is 0.225 e. The van der Waals surface area contributed by atoms with Crippen LogP contribution in [-0.2, 0) is 6.54 Å². The molecule has 1 saturated carbocycles. The molecule has 4 rings (SSSR count). The van der Waals surface area contributed by atoms with E-state index < -0.39 is 6.10 Å². The minimum absolute atomic E-state index is 0.364. The molecule has 0 saturated heterocycles. The first kappa shape index (κ1) is 16.9. The molecule has 25 heavy (non-hydrogen) atoms. The van der Waals surface area contributed by atoms with E-state index in [1.165, 1.54) is 12.8 Å². The summed E-state index contributed by atoms with van der Waals surface area (Å²) < 4.78 is 9.41. The molecule has 1 atom stereocenters. The van der Waals surface area contributed by atoms with E-state index in [9.17, 15) is 5.11 Å². The van der Waals surface area contributed by atoms with Gasteiger partial charge < -0.3 is 9.84 Å². The number of hydrogen-bond donors (Lipinski definition) is 1. The van der Waals surface area contributed by atoms with E-state index in [2.05, 4.69) is 47.2 Å². The fourth-order valence-electron chi connectivity index (χ4n) is 2.68. The van der Waals surface area contributed by atoms with Gasteiger partial charge in [0.15, 0.2) is 0 Å². The van der Waals surface area contributed by atoms with Crippen LogP contribution in [0.25, 0.3) is 11.0 Å². The Morgan fingerprint density at radius 1 is 1.36 bits per heavy atom. The van der Waals surface area contributed by atoms with E-state index >= 15 is 0 Å². The Morgan fingerprint density at radius 2 is 2.16 bits per heavy atom. The quantitative estimate of drug-likeness (QED) is 0.593. The summed E-state index contributed by atoms with van der Waals surface area (Å²) in [4.78, 5) is 4.28. The molecule has 0 amide bonds. The van der Waals surface area contributed by atoms with Gasteiger partial charge in [0.1, 0.15) is 11.3 Å². The normalized spacial score (nSPS) is 15.5. The summed E-state index contributed by atoms with van der Waals surface area (Å²) in [5.74, 6) is 1.67. The van der Waals surface area contributed by atoms with E-state index in [0.717, 1.165) is 32.4 Å². The minimum atomic E-state index is -0.693. The summed E-state index contributed by atoms with van der Waals surface area (Å²) in [5.41, 5.74) is 2.35. The van der Waals surface area contributed by atoms with Crippen LogP contribution in [0.3, 0.4) is 0 Å². The van der Waals surface area contributed by atoms with Gasteiger partial charge in [0.2, 0.25) is 5.88 Å². The van der Waals surface area contributed by atoms with Gasteiger partial charge in [-0.1, -0.05) is 5.21 Å². The standard InChI is InChI=1S/C17H16Br2N4O2/c1-9(24)12-6-11(18)7-20-17(12)25-14-5-4-13-16(15(14)19)21-22-23(13)8-10-2-3-10/h4-7,9-10,24H,2-3,8H2,1H3. The van der Waals surface area contributed by atoms with Crippen molar-refractivity contribution in [1.82, 2.24) is 20.0 Å². The number of halogens is 2. The zero-order valence-electron chi connectivity index (χ0n) is 13.5. The summed E-state index contributed by atoms with van der Waals surface area (Å²) in [6.45, 7) is 2.58. The van der Waals surface area contributed by atoms with Crippen molar-refractivity contribution in [2.75, 3.05) is 0 Å². The van der Waals surface area contributed by atoms with Crippen LogP contribution in [0.5, 0.6) is 11.6 Å². The van der Waals surface area contributed by atoms with Crippen molar-refractivity contribution in [3.63, 3.8) is 0 Å². The monoisotopic (exact) mass is 466 g/mol. The first-order valence-corrected chi connectivity index (χ1v) is 9.64. The molecule has 2 heterocycles. The van der Waals surface area contributed by atoms with Crippen molar-refractivity contribution in [2.24, 2.45) is 5.92 Å². The number of aromatic nitrogens is 4. The molecule has 0 spiro atoms. The molecule has 0 radical (unpaired) electrons. The number of pyridine rings is 1. The largest absolute Gasteiger partial charge is 0.437 e. The van der Waals surface area contributed by atoms with Crippen LogP contribution in [-0.4, -0.2) is 25.1 Å². The average Bonchev–Trinajstić information content (AvgIpc) is 3.30. The number of benzene rings is 1. The maximum atomic E-state index is 9.96. The first-order chi connectivity index (χ1) is 12.0. The maximum Gasteiger partial charge on any atom is 0.225 e. The van der Waals surface area contributed by atoms with Gasteiger partial charge in [-0.3, -0.25) is 0 Å². The lowest BCUT2D eigenvalue weighted by Gasteiger charge is -2.13. The van der Waals surface area contributed by atoms with Gasteiger partial charge in [-0.2, -0.15) is 0 Å². The Balaban J connectivity index is 1.69. The second kappa shape index (κ2) is 6.66. The molecule has 1 aromatic carbocycles. The third-order valence-corrected chi connectivity index (χ3v) is 5.42. The number of aliphatic hydroxyl groups excluding tert-OH is 1. The fraction of sp³-hybridized carbons (Fsp3) is 0.353. The maximum absolute atomic E-state index is 9.96. The van der Waals surface area contributed by atoms with Gasteiger partial charge >= 0.3 is 0 Å². The number of rotatable bonds is 5. The minimum Gasteiger partial charge on any atom is -0.437 e. The summed E-state index contributed by atoms with van der Waals surface area (Å²) in [6, 6.07) is 5.62. The van der Waals surface area contributed by atoms with Gasteiger partial charge in [-0.05, 0) is 75.7 Å². The van der Waals surface area contributed by atoms with Crippen LogP contribution in [0.1, 0.15) is 31.4 Å². The highest BCUT2D eigenvalue weighted by Crippen LogP contribution is 2.38. The van der Waals surface area contributed by atoms with Crippen molar-refractivity contribution in [3.05, 3.63) is 38.9 Å². The van der Waals surface area contributed by atoms with E-state index in [4.69, 9.17) is 4.74 Å². The van der Waals surface area contributed by atoms with Crippen molar-refractivity contribution < 1.29 is 9.84 Å².